The number of hydrogen-bond donors (Lipinski definition) is 2. The molecule has 5 nitrogen and oxygen atoms in total. The maximum Gasteiger partial charge on any atom is 0.250 e. The van der Waals surface area contributed by atoms with Gasteiger partial charge in [0, 0.05) is 12.6 Å². The van der Waals surface area contributed by atoms with E-state index in [1.807, 2.05) is 55.5 Å². The molecular weight excluding hydrogens is 406 g/mol. The van der Waals surface area contributed by atoms with Gasteiger partial charge in [0.25, 0.3) is 0 Å². The van der Waals surface area contributed by atoms with E-state index in [9.17, 15) is 9.59 Å². The number of amides is 2. The normalized spacial score (nSPS) is 12.8. The number of hydrazone groups is 1. The zero-order valence-corrected chi connectivity index (χ0v) is 18.2. The highest BCUT2D eigenvalue weighted by Gasteiger charge is 2.28. The summed E-state index contributed by atoms with van der Waals surface area (Å²) >= 11 is 1.61. The van der Waals surface area contributed by atoms with Crippen molar-refractivity contribution in [1.29, 1.82) is 0 Å². The van der Waals surface area contributed by atoms with Gasteiger partial charge in [-0.3, -0.25) is 9.59 Å². The minimum absolute atomic E-state index is 0.132. The Balaban J connectivity index is 1.40. The molecule has 3 aromatic rings. The highest BCUT2D eigenvalue weighted by Crippen LogP contribution is 2.49. The van der Waals surface area contributed by atoms with Gasteiger partial charge in [-0.2, -0.15) is 5.10 Å². The number of carbonyl (C=O) groups excluding carboxylic acids is 2. The summed E-state index contributed by atoms with van der Waals surface area (Å²) in [5, 5.41) is 7.12. The van der Waals surface area contributed by atoms with Crippen molar-refractivity contribution in [1.82, 2.24) is 5.43 Å². The largest absolute Gasteiger partial charge is 0.326 e. The fourth-order valence-electron chi connectivity index (χ4n) is 3.72. The molecule has 0 aliphatic heterocycles. The molecule has 0 unspecified atom stereocenters. The number of rotatable bonds is 6. The molecule has 0 saturated carbocycles. The number of nitrogens with zero attached hydrogens (tertiary/aromatic N) is 1. The first-order valence-electron chi connectivity index (χ1n) is 10.0. The predicted octanol–water partition coefficient (Wildman–Crippen LogP) is 4.99. The van der Waals surface area contributed by atoms with E-state index in [0.29, 0.717) is 17.2 Å². The Labute approximate surface area is 186 Å². The topological polar surface area (TPSA) is 70.6 Å². The number of nitrogens with one attached hydrogen (secondary N) is 2. The average Bonchev–Trinajstić information content (AvgIpc) is 3.09. The highest BCUT2D eigenvalue weighted by atomic mass is 32.2. The van der Waals surface area contributed by atoms with Gasteiger partial charge in [-0.15, -0.1) is 11.8 Å². The van der Waals surface area contributed by atoms with E-state index in [4.69, 9.17) is 0 Å². The molecule has 2 N–H and O–H groups in total. The molecule has 0 radical (unpaired) electrons. The summed E-state index contributed by atoms with van der Waals surface area (Å²) in [6, 6.07) is 24.1. The SMILES string of the molecule is CC(=O)Nc1cccc(/C(C)=N/NC(=O)CSC2c3ccccc3-c3ccccc32)c1. The van der Waals surface area contributed by atoms with Crippen molar-refractivity contribution in [2.45, 2.75) is 19.1 Å². The van der Waals surface area contributed by atoms with Crippen molar-refractivity contribution in [3.63, 3.8) is 0 Å². The third kappa shape index (κ3) is 4.70. The van der Waals surface area contributed by atoms with Gasteiger partial charge >= 0.3 is 0 Å². The molecule has 3 aromatic carbocycles. The monoisotopic (exact) mass is 429 g/mol. The number of benzene rings is 3. The van der Waals surface area contributed by atoms with Crippen molar-refractivity contribution in [2.24, 2.45) is 5.10 Å². The fourth-order valence-corrected chi connectivity index (χ4v) is 4.87. The van der Waals surface area contributed by atoms with Crippen LogP contribution in [0.25, 0.3) is 11.1 Å². The Kier molecular flexibility index (Phi) is 6.18. The van der Waals surface area contributed by atoms with Crippen LogP contribution in [0.1, 0.15) is 35.8 Å². The molecule has 1 aliphatic carbocycles. The summed E-state index contributed by atoms with van der Waals surface area (Å²) in [7, 11) is 0. The number of fused-ring (bicyclic) bond motifs is 3. The summed E-state index contributed by atoms with van der Waals surface area (Å²) in [6.07, 6.45) is 0. The van der Waals surface area contributed by atoms with Crippen LogP contribution in [0.2, 0.25) is 0 Å². The van der Waals surface area contributed by atoms with Crippen LogP contribution in [0, 0.1) is 0 Å². The van der Waals surface area contributed by atoms with Crippen LogP contribution in [-0.4, -0.2) is 23.3 Å². The second-order valence-electron chi connectivity index (χ2n) is 7.36. The quantitative estimate of drug-likeness (QED) is 0.428. The molecular formula is C25H23N3O2S. The fraction of sp³-hybridized carbons (Fsp3) is 0.160. The molecule has 0 fully saturated rings. The third-order valence-electron chi connectivity index (χ3n) is 5.11. The Morgan fingerprint density at radius 1 is 0.903 bits per heavy atom. The second kappa shape index (κ2) is 9.18. The molecule has 156 valence electrons. The van der Waals surface area contributed by atoms with Crippen molar-refractivity contribution in [3.8, 4) is 11.1 Å². The van der Waals surface area contributed by atoms with Crippen LogP contribution in [0.15, 0.2) is 77.9 Å². The number of hydrogen-bond acceptors (Lipinski definition) is 4. The summed E-state index contributed by atoms with van der Waals surface area (Å²) in [4.78, 5) is 23.7. The maximum absolute atomic E-state index is 12.5. The molecule has 4 rings (SSSR count). The van der Waals surface area contributed by atoms with Gasteiger partial charge in [0.2, 0.25) is 11.8 Å². The summed E-state index contributed by atoms with van der Waals surface area (Å²) in [5.41, 5.74) is 9.82. The third-order valence-corrected chi connectivity index (χ3v) is 6.38. The average molecular weight is 430 g/mol. The van der Waals surface area contributed by atoms with Crippen LogP contribution < -0.4 is 10.7 Å². The van der Waals surface area contributed by atoms with E-state index in [2.05, 4.69) is 40.1 Å². The molecule has 6 heteroatoms. The van der Waals surface area contributed by atoms with Gasteiger partial charge in [0.05, 0.1) is 16.7 Å². The summed E-state index contributed by atoms with van der Waals surface area (Å²) in [6.45, 7) is 3.29. The standard InChI is InChI=1S/C25H23N3O2S/c1-16(18-8-7-9-19(14-18)26-17(2)29)27-28-24(30)15-31-25-22-12-5-3-10-20(22)21-11-4-6-13-23(21)25/h3-14,25H,15H2,1-2H3,(H,26,29)(H,28,30)/b27-16+. The first-order chi connectivity index (χ1) is 15.0. The first kappa shape index (κ1) is 20.9. The molecule has 1 aliphatic rings. The molecule has 0 spiro atoms. The smallest absolute Gasteiger partial charge is 0.250 e. The van der Waals surface area contributed by atoms with E-state index in [1.54, 1.807) is 11.8 Å². The zero-order valence-electron chi connectivity index (χ0n) is 17.4. The summed E-state index contributed by atoms with van der Waals surface area (Å²) < 4.78 is 0. The van der Waals surface area contributed by atoms with Crippen molar-refractivity contribution in [2.75, 3.05) is 11.1 Å². The molecule has 2 amide bonds. The van der Waals surface area contributed by atoms with Gasteiger partial charge in [-0.25, -0.2) is 5.43 Å². The van der Waals surface area contributed by atoms with Crippen molar-refractivity contribution < 1.29 is 9.59 Å². The second-order valence-corrected chi connectivity index (χ2v) is 8.45. The van der Waals surface area contributed by atoms with E-state index >= 15 is 0 Å². The van der Waals surface area contributed by atoms with E-state index in [-0.39, 0.29) is 17.1 Å². The van der Waals surface area contributed by atoms with Crippen LogP contribution >= 0.6 is 11.8 Å². The lowest BCUT2D eigenvalue weighted by Gasteiger charge is -2.12. The Hall–Kier alpha value is -3.38. The van der Waals surface area contributed by atoms with E-state index in [0.717, 1.165) is 5.56 Å². The van der Waals surface area contributed by atoms with Gasteiger partial charge in [-0.1, -0.05) is 60.7 Å². The van der Waals surface area contributed by atoms with Gasteiger partial charge in [0.1, 0.15) is 0 Å². The van der Waals surface area contributed by atoms with Gasteiger partial charge in [-0.05, 0) is 46.9 Å². The Morgan fingerprint density at radius 3 is 2.19 bits per heavy atom. The lowest BCUT2D eigenvalue weighted by molar-refractivity contribution is -0.118. The molecule has 0 heterocycles. The van der Waals surface area contributed by atoms with E-state index < -0.39 is 0 Å². The van der Waals surface area contributed by atoms with Gasteiger partial charge < -0.3 is 5.32 Å². The zero-order chi connectivity index (χ0) is 21.8. The van der Waals surface area contributed by atoms with E-state index in [1.165, 1.54) is 29.2 Å². The Morgan fingerprint density at radius 2 is 1.55 bits per heavy atom. The predicted molar refractivity (Wildman–Crippen MR) is 127 cm³/mol. The molecule has 0 atom stereocenters. The highest BCUT2D eigenvalue weighted by molar-refractivity contribution is 8.00. The number of thioether (sulfide) groups is 1. The lowest BCUT2D eigenvalue weighted by atomic mass is 10.1. The van der Waals surface area contributed by atoms with Crippen LogP contribution in [-0.2, 0) is 9.59 Å². The van der Waals surface area contributed by atoms with Crippen LogP contribution in [0.5, 0.6) is 0 Å². The van der Waals surface area contributed by atoms with Crippen molar-refractivity contribution >= 4 is 35.0 Å². The number of carbonyl (C=O) groups is 2. The number of anilines is 1. The van der Waals surface area contributed by atoms with Crippen LogP contribution in [0.4, 0.5) is 5.69 Å². The van der Waals surface area contributed by atoms with Gasteiger partial charge in [0.15, 0.2) is 0 Å². The minimum Gasteiger partial charge on any atom is -0.326 e. The molecule has 31 heavy (non-hydrogen) atoms. The maximum atomic E-state index is 12.5. The lowest BCUT2D eigenvalue weighted by Crippen LogP contribution is -2.21. The summed E-state index contributed by atoms with van der Waals surface area (Å²) in [5.74, 6) is 0.0205. The molecule has 0 aromatic heterocycles. The molecule has 0 bridgehead atoms. The minimum atomic E-state index is -0.149. The Bertz CT molecular complexity index is 1130. The first-order valence-corrected chi connectivity index (χ1v) is 11.1. The van der Waals surface area contributed by atoms with Crippen molar-refractivity contribution in [3.05, 3.63) is 89.5 Å². The molecule has 0 saturated heterocycles. The van der Waals surface area contributed by atoms with Crippen LogP contribution in [0.3, 0.4) is 0 Å².